The van der Waals surface area contributed by atoms with E-state index >= 15 is 0 Å². The third kappa shape index (κ3) is 3.03. The molecular formula is C42H23N3O. The molecule has 8 aromatic carbocycles. The summed E-state index contributed by atoms with van der Waals surface area (Å²) < 4.78 is 8.88. The minimum Gasteiger partial charge on any atom is -0.456 e. The van der Waals surface area contributed by atoms with Crippen molar-refractivity contribution in [1.82, 2.24) is 14.5 Å². The van der Waals surface area contributed by atoms with Crippen molar-refractivity contribution in [2.75, 3.05) is 0 Å². The van der Waals surface area contributed by atoms with Crippen LogP contribution in [0.4, 0.5) is 0 Å². The predicted molar refractivity (Wildman–Crippen MR) is 190 cm³/mol. The Morgan fingerprint density at radius 3 is 2.02 bits per heavy atom. The molecule has 0 fully saturated rings. The normalized spacial score (nSPS) is 12.3. The Kier molecular flexibility index (Phi) is 4.55. The van der Waals surface area contributed by atoms with Crippen LogP contribution in [0.1, 0.15) is 0 Å². The van der Waals surface area contributed by atoms with Gasteiger partial charge in [0.15, 0.2) is 0 Å². The molecule has 4 nitrogen and oxygen atoms in total. The molecule has 0 aliphatic heterocycles. The van der Waals surface area contributed by atoms with Gasteiger partial charge in [-0.2, -0.15) is 0 Å². The molecule has 0 radical (unpaired) electrons. The fraction of sp³-hybridized carbons (Fsp3) is 0. The SMILES string of the molecule is c1ccc(-c2nc(-n3c4ccc5oc6cccc7c8ccccc8c8cc9ccccc9c3c8c4c5c67)nc3ccccc23)cc1. The van der Waals surface area contributed by atoms with Crippen molar-refractivity contribution in [3.8, 4) is 17.2 Å². The van der Waals surface area contributed by atoms with Crippen molar-refractivity contribution in [2.45, 2.75) is 0 Å². The molecule has 0 N–H and O–H groups in total. The van der Waals surface area contributed by atoms with Crippen LogP contribution in [0.3, 0.4) is 0 Å². The summed E-state index contributed by atoms with van der Waals surface area (Å²) >= 11 is 0. The van der Waals surface area contributed by atoms with E-state index in [2.05, 4.69) is 138 Å². The Bertz CT molecular complexity index is 3020. The molecule has 0 saturated carbocycles. The van der Waals surface area contributed by atoms with Crippen molar-refractivity contribution in [1.29, 1.82) is 0 Å². The number of aromatic nitrogens is 3. The van der Waals surface area contributed by atoms with Crippen molar-refractivity contribution in [3.63, 3.8) is 0 Å². The van der Waals surface area contributed by atoms with E-state index in [9.17, 15) is 0 Å². The Balaban J connectivity index is 1.46. The van der Waals surface area contributed by atoms with Crippen LogP contribution in [0.2, 0.25) is 0 Å². The van der Waals surface area contributed by atoms with E-state index in [1.54, 1.807) is 0 Å². The van der Waals surface area contributed by atoms with Gasteiger partial charge in [-0.25, -0.2) is 9.97 Å². The molecule has 212 valence electrons. The maximum atomic E-state index is 6.59. The van der Waals surface area contributed by atoms with Gasteiger partial charge in [-0.3, -0.25) is 4.57 Å². The third-order valence-electron chi connectivity index (χ3n) is 9.72. The van der Waals surface area contributed by atoms with E-state index in [1.807, 2.05) is 6.07 Å². The average molecular weight is 586 g/mol. The lowest BCUT2D eigenvalue weighted by Crippen LogP contribution is -2.03. The number of hydrogen-bond acceptors (Lipinski definition) is 3. The Morgan fingerprint density at radius 1 is 0.457 bits per heavy atom. The summed E-state index contributed by atoms with van der Waals surface area (Å²) in [5.74, 6) is 0.653. The minimum atomic E-state index is 0.653. The molecule has 0 unspecified atom stereocenters. The molecule has 4 heteroatoms. The van der Waals surface area contributed by atoms with Gasteiger partial charge >= 0.3 is 0 Å². The zero-order valence-corrected chi connectivity index (χ0v) is 24.5. The molecule has 11 rings (SSSR count). The van der Waals surface area contributed by atoms with Crippen LogP contribution in [0, 0.1) is 0 Å². The Morgan fingerprint density at radius 2 is 1.15 bits per heavy atom. The summed E-state index contributed by atoms with van der Waals surface area (Å²) in [4.78, 5) is 10.7. The molecule has 0 bridgehead atoms. The van der Waals surface area contributed by atoms with E-state index in [-0.39, 0.29) is 0 Å². The minimum absolute atomic E-state index is 0.653. The second-order valence-electron chi connectivity index (χ2n) is 12.1. The van der Waals surface area contributed by atoms with Crippen molar-refractivity contribution < 1.29 is 4.42 Å². The summed E-state index contributed by atoms with van der Waals surface area (Å²) in [7, 11) is 0. The summed E-state index contributed by atoms with van der Waals surface area (Å²) in [6.07, 6.45) is 0. The van der Waals surface area contributed by atoms with E-state index < -0.39 is 0 Å². The van der Waals surface area contributed by atoms with Crippen molar-refractivity contribution in [2.24, 2.45) is 0 Å². The predicted octanol–water partition coefficient (Wildman–Crippen LogP) is 11.2. The molecule has 3 aromatic heterocycles. The van der Waals surface area contributed by atoms with E-state index in [0.29, 0.717) is 5.95 Å². The number of hydrogen-bond donors (Lipinski definition) is 0. The summed E-state index contributed by atoms with van der Waals surface area (Å²) in [5, 5.41) is 12.8. The molecule has 0 amide bonds. The van der Waals surface area contributed by atoms with Crippen LogP contribution in [-0.2, 0) is 0 Å². The first-order chi connectivity index (χ1) is 22.8. The standard InChI is InChI=1S/C42H23N3O/c1-2-11-24(12-3-1)40-30-17-8-9-19-32(30)43-42(44-40)45-33-21-22-35-39-36-29(18-10-20-34(36)46-35)27-15-6-7-16-28(27)31-23-25-13-4-5-14-26(25)41(45)37(31)38(33)39/h1-23H. The Labute approximate surface area is 262 Å². The smallest absolute Gasteiger partial charge is 0.235 e. The molecular weight excluding hydrogens is 562 g/mol. The van der Waals surface area contributed by atoms with Gasteiger partial charge in [0.05, 0.1) is 22.2 Å². The van der Waals surface area contributed by atoms with Crippen molar-refractivity contribution in [3.05, 3.63) is 140 Å². The van der Waals surface area contributed by atoms with Crippen LogP contribution in [0.5, 0.6) is 0 Å². The topological polar surface area (TPSA) is 43.9 Å². The summed E-state index contributed by atoms with van der Waals surface area (Å²) in [6.45, 7) is 0. The van der Waals surface area contributed by atoms with Crippen LogP contribution >= 0.6 is 0 Å². The summed E-state index contributed by atoms with van der Waals surface area (Å²) in [6, 6.07) is 49.3. The van der Waals surface area contributed by atoms with Gasteiger partial charge < -0.3 is 4.42 Å². The largest absolute Gasteiger partial charge is 0.456 e. The van der Waals surface area contributed by atoms with Crippen LogP contribution in [0.15, 0.2) is 144 Å². The Hall–Kier alpha value is -6.26. The van der Waals surface area contributed by atoms with Gasteiger partial charge in [0.25, 0.3) is 0 Å². The van der Waals surface area contributed by atoms with Gasteiger partial charge in [0.1, 0.15) is 11.2 Å². The number of para-hydroxylation sites is 1. The molecule has 46 heavy (non-hydrogen) atoms. The maximum absolute atomic E-state index is 6.59. The molecule has 3 heterocycles. The first-order valence-electron chi connectivity index (χ1n) is 15.6. The fourth-order valence-electron chi connectivity index (χ4n) is 7.85. The number of fused-ring (bicyclic) bond motifs is 6. The average Bonchev–Trinajstić information content (AvgIpc) is 3.67. The highest BCUT2D eigenvalue weighted by Gasteiger charge is 2.25. The second-order valence-corrected chi connectivity index (χ2v) is 12.1. The molecule has 11 aromatic rings. The molecule has 0 saturated heterocycles. The number of nitrogens with zero attached hydrogens (tertiary/aromatic N) is 3. The molecule has 0 aliphatic rings. The third-order valence-corrected chi connectivity index (χ3v) is 9.72. The first-order valence-corrected chi connectivity index (χ1v) is 15.6. The van der Waals surface area contributed by atoms with E-state index in [4.69, 9.17) is 14.4 Å². The lowest BCUT2D eigenvalue weighted by molar-refractivity contribution is 0.669. The number of furan rings is 1. The van der Waals surface area contributed by atoms with E-state index in [0.717, 1.165) is 60.5 Å². The van der Waals surface area contributed by atoms with Crippen LogP contribution < -0.4 is 0 Å². The lowest BCUT2D eigenvalue weighted by Gasteiger charge is -2.13. The maximum Gasteiger partial charge on any atom is 0.235 e. The second kappa shape index (κ2) is 8.68. The van der Waals surface area contributed by atoms with Crippen LogP contribution in [-0.4, -0.2) is 14.5 Å². The highest BCUT2D eigenvalue weighted by molar-refractivity contribution is 6.40. The quantitative estimate of drug-likeness (QED) is 0.203. The van der Waals surface area contributed by atoms with Crippen molar-refractivity contribution >= 4 is 87.0 Å². The first kappa shape index (κ1) is 24.1. The molecule has 0 atom stereocenters. The molecule has 0 aliphatic carbocycles. The highest BCUT2D eigenvalue weighted by atomic mass is 16.3. The highest BCUT2D eigenvalue weighted by Crippen LogP contribution is 2.48. The summed E-state index contributed by atoms with van der Waals surface area (Å²) in [5.41, 5.74) is 6.84. The van der Waals surface area contributed by atoms with Crippen LogP contribution in [0.25, 0.3) is 104 Å². The zero-order valence-electron chi connectivity index (χ0n) is 24.5. The van der Waals surface area contributed by atoms with Gasteiger partial charge in [0.2, 0.25) is 5.95 Å². The molecule has 0 spiro atoms. The van der Waals surface area contributed by atoms with Gasteiger partial charge in [-0.05, 0) is 57.3 Å². The lowest BCUT2D eigenvalue weighted by atomic mass is 9.93. The number of rotatable bonds is 2. The van der Waals surface area contributed by atoms with E-state index in [1.165, 1.54) is 37.7 Å². The van der Waals surface area contributed by atoms with Gasteiger partial charge in [0, 0.05) is 37.9 Å². The monoisotopic (exact) mass is 585 g/mol. The van der Waals surface area contributed by atoms with Gasteiger partial charge in [-0.15, -0.1) is 0 Å². The fourth-order valence-corrected chi connectivity index (χ4v) is 7.85. The number of benzene rings is 7. The van der Waals surface area contributed by atoms with Gasteiger partial charge in [-0.1, -0.05) is 109 Å². The zero-order chi connectivity index (χ0) is 29.9.